The fraction of sp³-hybridized carbons (Fsp3) is 0.375. The third-order valence-electron chi connectivity index (χ3n) is 4.18. The van der Waals surface area contributed by atoms with Crippen LogP contribution in [-0.2, 0) is 14.4 Å². The summed E-state index contributed by atoms with van der Waals surface area (Å²) in [6.07, 6.45) is -0.163. The molecule has 132 valence electrons. The molecule has 2 aliphatic heterocycles. The maximum absolute atomic E-state index is 12.4. The first-order valence-corrected chi connectivity index (χ1v) is 7.81. The zero-order valence-corrected chi connectivity index (χ0v) is 13.7. The molecule has 0 saturated carbocycles. The number of nitrogens with one attached hydrogen (secondary N) is 2. The number of ether oxygens (including phenoxy) is 1. The van der Waals surface area contributed by atoms with E-state index in [9.17, 15) is 19.2 Å². The molecule has 0 bridgehead atoms. The molecule has 9 nitrogen and oxygen atoms in total. The molecule has 0 radical (unpaired) electrons. The topological polar surface area (TPSA) is 108 Å². The molecule has 2 saturated heterocycles. The predicted octanol–water partition coefficient (Wildman–Crippen LogP) is -0.531. The van der Waals surface area contributed by atoms with E-state index in [0.717, 1.165) is 0 Å². The van der Waals surface area contributed by atoms with Crippen LogP contribution in [0.25, 0.3) is 0 Å². The Morgan fingerprint density at radius 3 is 2.72 bits per heavy atom. The first-order chi connectivity index (χ1) is 12.0. The number of amides is 5. The molecule has 1 aromatic carbocycles. The molecule has 9 heteroatoms. The van der Waals surface area contributed by atoms with Gasteiger partial charge in [0, 0.05) is 24.8 Å². The summed E-state index contributed by atoms with van der Waals surface area (Å²) in [7, 11) is 1.55. The van der Waals surface area contributed by atoms with Gasteiger partial charge in [-0.05, 0) is 12.1 Å². The number of imide groups is 1. The van der Waals surface area contributed by atoms with E-state index in [1.165, 1.54) is 4.90 Å². The second-order valence-electron chi connectivity index (χ2n) is 5.78. The summed E-state index contributed by atoms with van der Waals surface area (Å²) in [5.41, 5.74) is 0.707. The SMILES string of the molecule is COc1cccc(N2CCN(C(=O)C[C@H]3NC(=O)NC3=O)CC2=O)c1. The van der Waals surface area contributed by atoms with Gasteiger partial charge in [0.05, 0.1) is 13.5 Å². The highest BCUT2D eigenvalue weighted by atomic mass is 16.5. The van der Waals surface area contributed by atoms with E-state index >= 15 is 0 Å². The van der Waals surface area contributed by atoms with Gasteiger partial charge in [0.2, 0.25) is 11.8 Å². The Kier molecular flexibility index (Phi) is 4.55. The van der Waals surface area contributed by atoms with Gasteiger partial charge in [-0.2, -0.15) is 0 Å². The first kappa shape index (κ1) is 16.7. The van der Waals surface area contributed by atoms with Crippen LogP contribution in [0, 0.1) is 0 Å². The van der Waals surface area contributed by atoms with Crippen LogP contribution in [0.1, 0.15) is 6.42 Å². The number of nitrogens with zero attached hydrogens (tertiary/aromatic N) is 2. The van der Waals surface area contributed by atoms with Gasteiger partial charge in [0.1, 0.15) is 18.3 Å². The van der Waals surface area contributed by atoms with Gasteiger partial charge in [-0.3, -0.25) is 19.7 Å². The minimum atomic E-state index is -0.883. The normalized spacial score (nSPS) is 20.4. The van der Waals surface area contributed by atoms with Crippen molar-refractivity contribution >= 4 is 29.4 Å². The lowest BCUT2D eigenvalue weighted by Gasteiger charge is -2.34. The summed E-state index contributed by atoms with van der Waals surface area (Å²) in [5.74, 6) is -0.444. The number of urea groups is 1. The number of hydrogen-bond acceptors (Lipinski definition) is 5. The van der Waals surface area contributed by atoms with E-state index in [4.69, 9.17) is 4.74 Å². The average Bonchev–Trinajstić information content (AvgIpc) is 2.92. The molecule has 2 N–H and O–H groups in total. The number of piperazine rings is 1. The molecule has 0 unspecified atom stereocenters. The molecule has 3 rings (SSSR count). The van der Waals surface area contributed by atoms with Gasteiger partial charge in [-0.1, -0.05) is 6.07 Å². The largest absolute Gasteiger partial charge is 0.497 e. The fourth-order valence-corrected chi connectivity index (χ4v) is 2.84. The van der Waals surface area contributed by atoms with Gasteiger partial charge in [-0.15, -0.1) is 0 Å². The number of carbonyl (C=O) groups is 4. The minimum Gasteiger partial charge on any atom is -0.497 e. The van der Waals surface area contributed by atoms with Gasteiger partial charge in [0.15, 0.2) is 0 Å². The lowest BCUT2D eigenvalue weighted by Crippen LogP contribution is -2.53. The number of carbonyl (C=O) groups excluding carboxylic acids is 4. The highest BCUT2D eigenvalue weighted by molar-refractivity contribution is 6.06. The molecule has 0 spiro atoms. The van der Waals surface area contributed by atoms with E-state index in [-0.39, 0.29) is 24.8 Å². The van der Waals surface area contributed by atoms with E-state index < -0.39 is 18.0 Å². The fourth-order valence-electron chi connectivity index (χ4n) is 2.84. The van der Waals surface area contributed by atoms with Gasteiger partial charge in [-0.25, -0.2) is 4.79 Å². The number of rotatable bonds is 4. The molecule has 2 fully saturated rings. The third kappa shape index (κ3) is 3.54. The zero-order valence-electron chi connectivity index (χ0n) is 13.7. The zero-order chi connectivity index (χ0) is 18.0. The summed E-state index contributed by atoms with van der Waals surface area (Å²) < 4.78 is 5.16. The lowest BCUT2D eigenvalue weighted by molar-refractivity contribution is -0.138. The molecule has 25 heavy (non-hydrogen) atoms. The summed E-state index contributed by atoms with van der Waals surface area (Å²) in [6, 6.07) is 5.65. The quantitative estimate of drug-likeness (QED) is 0.713. The first-order valence-electron chi connectivity index (χ1n) is 7.81. The third-order valence-corrected chi connectivity index (χ3v) is 4.18. The standard InChI is InChI=1S/C16H18N4O5/c1-25-11-4-2-3-10(7-11)20-6-5-19(9-14(20)22)13(21)8-12-15(23)18-16(24)17-12/h2-4,7,12H,5-6,8-9H2,1H3,(H2,17,18,23,24)/t12-/m1/s1. The monoisotopic (exact) mass is 346 g/mol. The number of benzene rings is 1. The van der Waals surface area contributed by atoms with Crippen LogP contribution in [0.4, 0.5) is 10.5 Å². The summed E-state index contributed by atoms with van der Waals surface area (Å²) in [5, 5.41) is 4.45. The number of anilines is 1. The highest BCUT2D eigenvalue weighted by Gasteiger charge is 2.34. The van der Waals surface area contributed by atoms with Gasteiger partial charge >= 0.3 is 6.03 Å². The predicted molar refractivity (Wildman–Crippen MR) is 87.0 cm³/mol. The molecule has 2 heterocycles. The Morgan fingerprint density at radius 2 is 2.08 bits per heavy atom. The Labute approximate surface area is 143 Å². The molecular formula is C16H18N4O5. The van der Waals surface area contributed by atoms with Crippen molar-refractivity contribution in [3.8, 4) is 5.75 Å². The van der Waals surface area contributed by atoms with Crippen molar-refractivity contribution < 1.29 is 23.9 Å². The molecule has 0 aliphatic carbocycles. The maximum atomic E-state index is 12.4. The van der Waals surface area contributed by atoms with Crippen molar-refractivity contribution in [3.05, 3.63) is 24.3 Å². The van der Waals surface area contributed by atoms with E-state index in [0.29, 0.717) is 24.5 Å². The molecular weight excluding hydrogens is 328 g/mol. The van der Waals surface area contributed by atoms with Crippen molar-refractivity contribution in [2.45, 2.75) is 12.5 Å². The Morgan fingerprint density at radius 1 is 1.28 bits per heavy atom. The van der Waals surface area contributed by atoms with E-state index in [2.05, 4.69) is 10.6 Å². The van der Waals surface area contributed by atoms with Crippen LogP contribution in [0.3, 0.4) is 0 Å². The van der Waals surface area contributed by atoms with Gasteiger partial charge < -0.3 is 19.9 Å². The van der Waals surface area contributed by atoms with Crippen LogP contribution in [-0.4, -0.2) is 61.4 Å². The Hall–Kier alpha value is -3.10. The van der Waals surface area contributed by atoms with Gasteiger partial charge in [0.25, 0.3) is 5.91 Å². The molecule has 1 aromatic rings. The van der Waals surface area contributed by atoms with Crippen molar-refractivity contribution in [2.75, 3.05) is 31.6 Å². The highest BCUT2D eigenvalue weighted by Crippen LogP contribution is 2.23. The smallest absolute Gasteiger partial charge is 0.322 e. The van der Waals surface area contributed by atoms with Crippen LogP contribution in [0.2, 0.25) is 0 Å². The molecule has 2 aliphatic rings. The van der Waals surface area contributed by atoms with Crippen LogP contribution >= 0.6 is 0 Å². The molecule has 5 amide bonds. The summed E-state index contributed by atoms with van der Waals surface area (Å²) in [6.45, 7) is 0.628. The minimum absolute atomic E-state index is 0.0711. The molecule has 1 atom stereocenters. The van der Waals surface area contributed by atoms with Crippen LogP contribution < -0.4 is 20.3 Å². The van der Waals surface area contributed by atoms with E-state index in [1.54, 1.807) is 36.3 Å². The van der Waals surface area contributed by atoms with Crippen molar-refractivity contribution in [1.82, 2.24) is 15.5 Å². The van der Waals surface area contributed by atoms with Crippen LogP contribution in [0.15, 0.2) is 24.3 Å². The summed E-state index contributed by atoms with van der Waals surface area (Å²) in [4.78, 5) is 50.3. The second-order valence-corrected chi connectivity index (χ2v) is 5.78. The number of hydrogen-bond donors (Lipinski definition) is 2. The summed E-state index contributed by atoms with van der Waals surface area (Å²) >= 11 is 0. The van der Waals surface area contributed by atoms with Crippen LogP contribution in [0.5, 0.6) is 5.75 Å². The molecule has 0 aromatic heterocycles. The van der Waals surface area contributed by atoms with Crippen molar-refractivity contribution in [3.63, 3.8) is 0 Å². The Bertz CT molecular complexity index is 735. The lowest BCUT2D eigenvalue weighted by atomic mass is 10.1. The second kappa shape index (κ2) is 6.80. The maximum Gasteiger partial charge on any atom is 0.322 e. The average molecular weight is 346 g/mol. The van der Waals surface area contributed by atoms with Crippen molar-refractivity contribution in [1.29, 1.82) is 0 Å². The number of methoxy groups -OCH3 is 1. The Balaban J connectivity index is 1.61. The van der Waals surface area contributed by atoms with Crippen molar-refractivity contribution in [2.24, 2.45) is 0 Å². The van der Waals surface area contributed by atoms with E-state index in [1.807, 2.05) is 0 Å².